The van der Waals surface area contributed by atoms with E-state index in [-0.39, 0.29) is 30.3 Å². The topological polar surface area (TPSA) is 69.7 Å². The molecule has 0 spiro atoms. The molecule has 140 valence electrons. The van der Waals surface area contributed by atoms with Gasteiger partial charge in [0.15, 0.2) is 0 Å². The first-order chi connectivity index (χ1) is 12.8. The number of anilines is 2. The van der Waals surface area contributed by atoms with Crippen LogP contribution in [0.1, 0.15) is 29.8 Å². The minimum atomic E-state index is -0.186. The molecule has 1 fully saturated rings. The second-order valence-corrected chi connectivity index (χ2v) is 6.88. The maximum absolute atomic E-state index is 12.9. The molecule has 1 saturated heterocycles. The quantitative estimate of drug-likeness (QED) is 0.909. The number of piperazine rings is 1. The Labute approximate surface area is 158 Å². The van der Waals surface area contributed by atoms with Crippen molar-refractivity contribution in [3.05, 3.63) is 59.7 Å². The van der Waals surface area contributed by atoms with E-state index in [0.29, 0.717) is 17.8 Å². The number of nitrogens with one attached hydrogen (secondary N) is 1. The molecule has 6 nitrogen and oxygen atoms in total. The number of hydrogen-bond donors (Lipinski definition) is 1. The van der Waals surface area contributed by atoms with E-state index in [4.69, 9.17) is 0 Å². The van der Waals surface area contributed by atoms with Crippen LogP contribution in [0, 0.1) is 6.92 Å². The summed E-state index contributed by atoms with van der Waals surface area (Å²) in [5.74, 6) is -0.448. The lowest BCUT2D eigenvalue weighted by atomic mass is 10.1. The van der Waals surface area contributed by atoms with Crippen LogP contribution in [0.4, 0.5) is 11.4 Å². The van der Waals surface area contributed by atoms with Crippen molar-refractivity contribution in [3.63, 3.8) is 0 Å². The molecule has 0 aromatic heterocycles. The lowest BCUT2D eigenvalue weighted by Gasteiger charge is -2.39. The van der Waals surface area contributed by atoms with E-state index in [1.54, 1.807) is 34.1 Å². The van der Waals surface area contributed by atoms with Gasteiger partial charge in [-0.05, 0) is 55.8 Å². The van der Waals surface area contributed by atoms with Crippen molar-refractivity contribution in [2.75, 3.05) is 23.3 Å². The van der Waals surface area contributed by atoms with Crippen LogP contribution in [-0.4, -0.2) is 41.8 Å². The highest BCUT2D eigenvalue weighted by Gasteiger charge is 2.33. The van der Waals surface area contributed by atoms with Crippen LogP contribution < -0.4 is 10.2 Å². The zero-order valence-electron chi connectivity index (χ0n) is 15.7. The monoisotopic (exact) mass is 365 g/mol. The van der Waals surface area contributed by atoms with Crippen LogP contribution in [0.2, 0.25) is 0 Å². The third-order valence-electron chi connectivity index (χ3n) is 4.61. The molecule has 0 radical (unpaired) electrons. The maximum Gasteiger partial charge on any atom is 0.254 e. The highest BCUT2D eigenvalue weighted by atomic mass is 16.2. The van der Waals surface area contributed by atoms with Gasteiger partial charge in [-0.25, -0.2) is 0 Å². The second-order valence-electron chi connectivity index (χ2n) is 6.88. The molecule has 2 aromatic carbocycles. The molecule has 1 N–H and O–H groups in total. The lowest BCUT2D eigenvalue weighted by molar-refractivity contribution is -0.121. The summed E-state index contributed by atoms with van der Waals surface area (Å²) in [7, 11) is 0. The Morgan fingerprint density at radius 2 is 1.81 bits per heavy atom. The summed E-state index contributed by atoms with van der Waals surface area (Å²) < 4.78 is 0. The first-order valence-corrected chi connectivity index (χ1v) is 8.91. The zero-order chi connectivity index (χ0) is 19.6. The van der Waals surface area contributed by atoms with Crippen LogP contribution in [-0.2, 0) is 9.59 Å². The molecule has 1 unspecified atom stereocenters. The number of carbonyl (C=O) groups excluding carboxylic acids is 3. The van der Waals surface area contributed by atoms with Gasteiger partial charge >= 0.3 is 0 Å². The lowest BCUT2D eigenvalue weighted by Crippen LogP contribution is -2.57. The van der Waals surface area contributed by atoms with E-state index in [2.05, 4.69) is 5.32 Å². The molecule has 27 heavy (non-hydrogen) atoms. The van der Waals surface area contributed by atoms with Gasteiger partial charge in [0.2, 0.25) is 11.8 Å². The number of benzene rings is 2. The van der Waals surface area contributed by atoms with Crippen molar-refractivity contribution in [1.82, 2.24) is 4.90 Å². The van der Waals surface area contributed by atoms with E-state index in [1.165, 1.54) is 6.92 Å². The van der Waals surface area contributed by atoms with Gasteiger partial charge in [-0.3, -0.25) is 14.4 Å². The predicted octanol–water partition coefficient (Wildman–Crippen LogP) is 2.83. The normalized spacial score (nSPS) is 17.0. The molecule has 0 bridgehead atoms. The molecule has 3 rings (SSSR count). The maximum atomic E-state index is 12.9. The molecule has 1 aliphatic heterocycles. The van der Waals surface area contributed by atoms with Crippen LogP contribution in [0.3, 0.4) is 0 Å². The van der Waals surface area contributed by atoms with Crippen molar-refractivity contribution < 1.29 is 14.4 Å². The van der Waals surface area contributed by atoms with Crippen molar-refractivity contribution in [2.45, 2.75) is 26.8 Å². The molecule has 1 heterocycles. The van der Waals surface area contributed by atoms with Crippen LogP contribution >= 0.6 is 0 Å². The Hall–Kier alpha value is -3.15. The first kappa shape index (κ1) is 18.6. The highest BCUT2D eigenvalue weighted by Crippen LogP contribution is 2.23. The number of carbonyl (C=O) groups is 3. The molecule has 1 atom stereocenters. The standard InChI is InChI=1S/C21H23N3O3/c1-14-5-4-6-19(11-14)24-12-15(2)23(13-20(24)26)21(27)17-7-9-18(10-8-17)22-16(3)25/h4-11,15H,12-13H2,1-3H3,(H,22,25). The van der Waals surface area contributed by atoms with E-state index in [1.807, 2.05) is 38.1 Å². The minimum absolute atomic E-state index is 0.0430. The number of hydrogen-bond acceptors (Lipinski definition) is 3. The molecule has 6 heteroatoms. The zero-order valence-corrected chi connectivity index (χ0v) is 15.7. The number of aryl methyl sites for hydroxylation is 1. The molecular formula is C21H23N3O3. The summed E-state index contributed by atoms with van der Waals surface area (Å²) in [6, 6.07) is 14.4. The Balaban J connectivity index is 1.74. The van der Waals surface area contributed by atoms with Crippen LogP contribution in [0.15, 0.2) is 48.5 Å². The molecule has 0 aliphatic carbocycles. The van der Waals surface area contributed by atoms with Gasteiger partial charge in [-0.2, -0.15) is 0 Å². The molecule has 1 aliphatic rings. The van der Waals surface area contributed by atoms with E-state index in [9.17, 15) is 14.4 Å². The Bertz CT molecular complexity index is 876. The fourth-order valence-electron chi connectivity index (χ4n) is 3.23. The third-order valence-corrected chi connectivity index (χ3v) is 4.61. The smallest absolute Gasteiger partial charge is 0.254 e. The number of amides is 3. The third kappa shape index (κ3) is 4.16. The van der Waals surface area contributed by atoms with Gasteiger partial charge in [0.05, 0.1) is 0 Å². The average Bonchev–Trinajstić information content (AvgIpc) is 2.63. The van der Waals surface area contributed by atoms with Gasteiger partial charge in [0, 0.05) is 36.4 Å². The summed E-state index contributed by atoms with van der Waals surface area (Å²) in [5.41, 5.74) is 3.07. The largest absolute Gasteiger partial charge is 0.326 e. The molecular weight excluding hydrogens is 342 g/mol. The predicted molar refractivity (Wildman–Crippen MR) is 105 cm³/mol. The van der Waals surface area contributed by atoms with E-state index in [0.717, 1.165) is 11.3 Å². The highest BCUT2D eigenvalue weighted by molar-refractivity contribution is 6.02. The molecule has 0 saturated carbocycles. The fourth-order valence-corrected chi connectivity index (χ4v) is 3.23. The minimum Gasteiger partial charge on any atom is -0.326 e. The van der Waals surface area contributed by atoms with E-state index >= 15 is 0 Å². The van der Waals surface area contributed by atoms with Crippen molar-refractivity contribution in [1.29, 1.82) is 0 Å². The fraction of sp³-hybridized carbons (Fsp3) is 0.286. The Morgan fingerprint density at radius 3 is 2.44 bits per heavy atom. The summed E-state index contributed by atoms with van der Waals surface area (Å²) >= 11 is 0. The van der Waals surface area contributed by atoms with Crippen molar-refractivity contribution >= 4 is 29.1 Å². The summed E-state index contributed by atoms with van der Waals surface area (Å²) in [5, 5.41) is 2.67. The van der Waals surface area contributed by atoms with Crippen molar-refractivity contribution in [3.8, 4) is 0 Å². The van der Waals surface area contributed by atoms with Gasteiger partial charge in [-0.1, -0.05) is 12.1 Å². The Kier molecular flexibility index (Phi) is 5.26. The van der Waals surface area contributed by atoms with Gasteiger partial charge in [-0.15, -0.1) is 0 Å². The first-order valence-electron chi connectivity index (χ1n) is 8.91. The summed E-state index contributed by atoms with van der Waals surface area (Å²) in [6.45, 7) is 5.86. The van der Waals surface area contributed by atoms with Gasteiger partial charge in [0.25, 0.3) is 5.91 Å². The summed E-state index contributed by atoms with van der Waals surface area (Å²) in [4.78, 5) is 39.9. The van der Waals surface area contributed by atoms with Crippen molar-refractivity contribution in [2.24, 2.45) is 0 Å². The number of nitrogens with zero attached hydrogens (tertiary/aromatic N) is 2. The van der Waals surface area contributed by atoms with Gasteiger partial charge in [0.1, 0.15) is 6.54 Å². The van der Waals surface area contributed by atoms with Crippen LogP contribution in [0.5, 0.6) is 0 Å². The molecule has 2 aromatic rings. The second kappa shape index (κ2) is 7.61. The van der Waals surface area contributed by atoms with E-state index < -0.39 is 0 Å². The Morgan fingerprint density at radius 1 is 1.11 bits per heavy atom. The summed E-state index contributed by atoms with van der Waals surface area (Å²) in [6.07, 6.45) is 0. The SMILES string of the molecule is CC(=O)Nc1ccc(C(=O)N2CC(=O)N(c3cccc(C)c3)CC2C)cc1. The molecule has 3 amide bonds. The van der Waals surface area contributed by atoms with Crippen LogP contribution in [0.25, 0.3) is 0 Å². The average molecular weight is 365 g/mol. The van der Waals surface area contributed by atoms with Gasteiger partial charge < -0.3 is 15.1 Å². The number of rotatable bonds is 3.